The maximum atomic E-state index is 9.81. The van der Waals surface area contributed by atoms with E-state index >= 15 is 0 Å². The minimum absolute atomic E-state index is 0.278. The second kappa shape index (κ2) is 3.15. The minimum Gasteiger partial charge on any atom is -0.150 e. The molecule has 0 spiro atoms. The molecular weight excluding hydrogens is 125 g/mol. The van der Waals surface area contributed by atoms with Gasteiger partial charge in [-0.05, 0) is 5.56 Å². The van der Waals surface area contributed by atoms with Gasteiger partial charge in [-0.15, -0.1) is 0 Å². The SMILES string of the molecule is Bc1ccc(CN=O)cc1. The molecule has 0 aliphatic carbocycles. The fraction of sp³-hybridized carbons (Fsp3) is 0.143. The normalized spacial score (nSPS) is 9.20. The first-order chi connectivity index (χ1) is 4.83. The van der Waals surface area contributed by atoms with Gasteiger partial charge in [-0.3, -0.25) is 0 Å². The van der Waals surface area contributed by atoms with E-state index in [1.807, 2.05) is 32.1 Å². The Bertz CT molecular complexity index is 220. The van der Waals surface area contributed by atoms with Crippen LogP contribution in [0.5, 0.6) is 0 Å². The van der Waals surface area contributed by atoms with Crippen molar-refractivity contribution in [3.63, 3.8) is 0 Å². The maximum absolute atomic E-state index is 9.81. The van der Waals surface area contributed by atoms with Crippen molar-refractivity contribution < 1.29 is 0 Å². The lowest BCUT2D eigenvalue weighted by atomic mass is 9.95. The van der Waals surface area contributed by atoms with Gasteiger partial charge in [0.05, 0.1) is 0 Å². The molecule has 3 heteroatoms. The molecule has 0 heterocycles. The zero-order valence-corrected chi connectivity index (χ0v) is 5.87. The fourth-order valence-corrected chi connectivity index (χ4v) is 0.768. The van der Waals surface area contributed by atoms with Crippen LogP contribution in [-0.4, -0.2) is 7.85 Å². The van der Waals surface area contributed by atoms with Crippen molar-refractivity contribution in [3.05, 3.63) is 34.7 Å². The average molecular weight is 133 g/mol. The van der Waals surface area contributed by atoms with Crippen molar-refractivity contribution in [1.82, 2.24) is 0 Å². The second-order valence-electron chi connectivity index (χ2n) is 2.27. The standard InChI is InChI=1S/C7H8BNO/c8-7-3-1-6(2-4-7)5-9-10/h1-4H,5,8H2. The first-order valence-electron chi connectivity index (χ1n) is 3.17. The van der Waals surface area contributed by atoms with E-state index in [0.29, 0.717) is 0 Å². The van der Waals surface area contributed by atoms with E-state index in [2.05, 4.69) is 5.18 Å². The number of hydrogen-bond acceptors (Lipinski definition) is 2. The van der Waals surface area contributed by atoms with E-state index in [4.69, 9.17) is 0 Å². The second-order valence-corrected chi connectivity index (χ2v) is 2.27. The first kappa shape index (κ1) is 7.00. The van der Waals surface area contributed by atoms with Crippen LogP contribution >= 0.6 is 0 Å². The molecule has 10 heavy (non-hydrogen) atoms. The van der Waals surface area contributed by atoms with E-state index in [9.17, 15) is 4.91 Å². The van der Waals surface area contributed by atoms with E-state index in [1.54, 1.807) is 0 Å². The Labute approximate surface area is 60.6 Å². The number of benzene rings is 1. The van der Waals surface area contributed by atoms with Gasteiger partial charge in [-0.25, -0.2) is 0 Å². The molecule has 0 fully saturated rings. The molecule has 0 aliphatic rings. The number of nitroso groups, excluding NO2 is 1. The lowest BCUT2D eigenvalue weighted by molar-refractivity contribution is 1.06. The largest absolute Gasteiger partial charge is 0.150 e. The highest BCUT2D eigenvalue weighted by Crippen LogP contribution is 1.97. The summed E-state index contributed by atoms with van der Waals surface area (Å²) in [6, 6.07) is 7.77. The fourth-order valence-electron chi connectivity index (χ4n) is 0.768. The van der Waals surface area contributed by atoms with Gasteiger partial charge in [-0.1, -0.05) is 34.9 Å². The Balaban J connectivity index is 2.78. The first-order valence-corrected chi connectivity index (χ1v) is 3.17. The predicted molar refractivity (Wildman–Crippen MR) is 44.1 cm³/mol. The van der Waals surface area contributed by atoms with E-state index < -0.39 is 0 Å². The molecule has 50 valence electrons. The third kappa shape index (κ3) is 1.69. The van der Waals surface area contributed by atoms with Gasteiger partial charge in [0.15, 0.2) is 0 Å². The number of hydrogen-bond donors (Lipinski definition) is 0. The molecular formula is C7H8BNO. The van der Waals surface area contributed by atoms with Gasteiger partial charge < -0.3 is 0 Å². The van der Waals surface area contributed by atoms with Crippen LogP contribution in [0.4, 0.5) is 0 Å². The predicted octanol–water partition coefficient (Wildman–Crippen LogP) is 0.211. The number of nitrogens with zero attached hydrogens (tertiary/aromatic N) is 1. The summed E-state index contributed by atoms with van der Waals surface area (Å²) in [6.45, 7) is 0.278. The van der Waals surface area contributed by atoms with Crippen molar-refractivity contribution in [1.29, 1.82) is 0 Å². The summed E-state index contributed by atoms with van der Waals surface area (Å²) in [4.78, 5) is 9.81. The molecule has 0 bridgehead atoms. The summed E-state index contributed by atoms with van der Waals surface area (Å²) in [5, 5.41) is 2.79. The van der Waals surface area contributed by atoms with Crippen molar-refractivity contribution in [2.45, 2.75) is 6.54 Å². The van der Waals surface area contributed by atoms with Crippen LogP contribution in [-0.2, 0) is 6.54 Å². The van der Waals surface area contributed by atoms with Gasteiger partial charge in [0.2, 0.25) is 0 Å². The zero-order valence-electron chi connectivity index (χ0n) is 5.87. The molecule has 0 saturated carbocycles. The molecule has 0 amide bonds. The summed E-state index contributed by atoms with van der Waals surface area (Å²) < 4.78 is 0. The Morgan fingerprint density at radius 2 is 1.90 bits per heavy atom. The van der Waals surface area contributed by atoms with E-state index in [1.165, 1.54) is 5.46 Å². The average Bonchev–Trinajstić information content (AvgIpc) is 1.95. The summed E-state index contributed by atoms with van der Waals surface area (Å²) in [5.41, 5.74) is 2.18. The Hall–Kier alpha value is -1.12. The molecule has 0 aromatic heterocycles. The van der Waals surface area contributed by atoms with Gasteiger partial charge >= 0.3 is 0 Å². The highest BCUT2D eigenvalue weighted by Gasteiger charge is 1.88. The maximum Gasteiger partial charge on any atom is 0.139 e. The monoisotopic (exact) mass is 133 g/mol. The quantitative estimate of drug-likeness (QED) is 0.418. The van der Waals surface area contributed by atoms with Crippen LogP contribution < -0.4 is 5.46 Å². The van der Waals surface area contributed by atoms with Gasteiger partial charge in [0.1, 0.15) is 14.4 Å². The molecule has 0 aliphatic heterocycles. The third-order valence-corrected chi connectivity index (χ3v) is 1.37. The van der Waals surface area contributed by atoms with Gasteiger partial charge in [0.25, 0.3) is 0 Å². The van der Waals surface area contributed by atoms with Crippen LogP contribution in [0.15, 0.2) is 29.4 Å². The Kier molecular flexibility index (Phi) is 2.21. The van der Waals surface area contributed by atoms with Gasteiger partial charge in [-0.2, -0.15) is 4.91 Å². The summed E-state index contributed by atoms with van der Waals surface area (Å²) >= 11 is 0. The molecule has 0 saturated heterocycles. The van der Waals surface area contributed by atoms with Crippen LogP contribution in [0.2, 0.25) is 0 Å². The molecule has 1 aromatic rings. The van der Waals surface area contributed by atoms with Crippen LogP contribution in [0.25, 0.3) is 0 Å². The Morgan fingerprint density at radius 1 is 1.30 bits per heavy atom. The lowest BCUT2D eigenvalue weighted by Gasteiger charge is -1.93. The molecule has 0 unspecified atom stereocenters. The molecule has 1 aromatic carbocycles. The highest BCUT2D eigenvalue weighted by atomic mass is 16.3. The molecule has 0 N–H and O–H groups in total. The molecule has 0 atom stereocenters. The van der Waals surface area contributed by atoms with Crippen LogP contribution in [0.3, 0.4) is 0 Å². The Morgan fingerprint density at radius 3 is 2.40 bits per heavy atom. The smallest absolute Gasteiger partial charge is 0.139 e. The third-order valence-electron chi connectivity index (χ3n) is 1.37. The molecule has 2 nitrogen and oxygen atoms in total. The molecule has 1 rings (SSSR count). The van der Waals surface area contributed by atoms with Gasteiger partial charge in [0, 0.05) is 0 Å². The molecule has 0 radical (unpaired) electrons. The summed E-state index contributed by atoms with van der Waals surface area (Å²) in [5.74, 6) is 0. The number of rotatable bonds is 2. The van der Waals surface area contributed by atoms with Crippen molar-refractivity contribution in [3.8, 4) is 0 Å². The topological polar surface area (TPSA) is 29.4 Å². The van der Waals surface area contributed by atoms with Crippen molar-refractivity contribution in [2.24, 2.45) is 5.18 Å². The highest BCUT2D eigenvalue weighted by molar-refractivity contribution is 6.32. The van der Waals surface area contributed by atoms with Crippen molar-refractivity contribution >= 4 is 13.3 Å². The van der Waals surface area contributed by atoms with Crippen LogP contribution in [0.1, 0.15) is 5.56 Å². The van der Waals surface area contributed by atoms with Crippen molar-refractivity contribution in [2.75, 3.05) is 0 Å². The summed E-state index contributed by atoms with van der Waals surface area (Å²) in [6.07, 6.45) is 0. The zero-order chi connectivity index (χ0) is 7.40. The van der Waals surface area contributed by atoms with Crippen LogP contribution in [0, 0.1) is 4.91 Å². The van der Waals surface area contributed by atoms with E-state index in [-0.39, 0.29) is 6.54 Å². The van der Waals surface area contributed by atoms with E-state index in [0.717, 1.165) is 5.56 Å². The summed E-state index contributed by atoms with van der Waals surface area (Å²) in [7, 11) is 2.01. The minimum atomic E-state index is 0.278. The lowest BCUT2D eigenvalue weighted by Crippen LogP contribution is -1.99.